The van der Waals surface area contributed by atoms with E-state index in [0.29, 0.717) is 11.9 Å². The zero-order valence-electron chi connectivity index (χ0n) is 12.3. The van der Waals surface area contributed by atoms with Gasteiger partial charge in [-0.2, -0.15) is 0 Å². The Balaban J connectivity index is 1.75. The van der Waals surface area contributed by atoms with Gasteiger partial charge in [0.05, 0.1) is 24.2 Å². The van der Waals surface area contributed by atoms with E-state index in [1.807, 2.05) is 41.1 Å². The summed E-state index contributed by atoms with van der Waals surface area (Å²) >= 11 is 0. The number of imidazole rings is 1. The first-order chi connectivity index (χ1) is 11.2. The second-order valence-corrected chi connectivity index (χ2v) is 5.40. The minimum absolute atomic E-state index is 0.0133. The van der Waals surface area contributed by atoms with Gasteiger partial charge in [0, 0.05) is 31.0 Å². The van der Waals surface area contributed by atoms with Gasteiger partial charge in [-0.05, 0) is 29.1 Å². The minimum atomic E-state index is -0.0799. The Hall–Kier alpha value is -2.99. The lowest BCUT2D eigenvalue weighted by Gasteiger charge is -2.04. The largest absolute Gasteiger partial charge is 0.392 e. The molecule has 0 atom stereocenters. The third-order valence-corrected chi connectivity index (χ3v) is 3.86. The van der Waals surface area contributed by atoms with Crippen molar-refractivity contribution in [3.05, 3.63) is 76.9 Å². The van der Waals surface area contributed by atoms with Crippen molar-refractivity contribution in [3.63, 3.8) is 0 Å². The van der Waals surface area contributed by atoms with Gasteiger partial charge in [-0.1, -0.05) is 6.07 Å². The maximum atomic E-state index is 12.5. The quantitative estimate of drug-likeness (QED) is 0.624. The number of rotatable bonds is 3. The highest BCUT2D eigenvalue weighted by Gasteiger charge is 2.07. The lowest BCUT2D eigenvalue weighted by molar-refractivity contribution is 0.281. The van der Waals surface area contributed by atoms with Crippen molar-refractivity contribution in [2.45, 2.75) is 13.2 Å². The molecule has 23 heavy (non-hydrogen) atoms. The van der Waals surface area contributed by atoms with Crippen molar-refractivity contribution in [1.29, 1.82) is 0 Å². The fourth-order valence-corrected chi connectivity index (χ4v) is 2.68. The van der Waals surface area contributed by atoms with Gasteiger partial charge in [0.15, 0.2) is 0 Å². The van der Waals surface area contributed by atoms with E-state index in [4.69, 9.17) is 0 Å². The molecule has 4 heterocycles. The van der Waals surface area contributed by atoms with Crippen molar-refractivity contribution in [2.24, 2.45) is 0 Å². The Morgan fingerprint density at radius 3 is 2.91 bits per heavy atom. The van der Waals surface area contributed by atoms with E-state index >= 15 is 0 Å². The summed E-state index contributed by atoms with van der Waals surface area (Å²) in [7, 11) is 0. The maximum Gasteiger partial charge on any atom is 0.260 e. The van der Waals surface area contributed by atoms with Gasteiger partial charge in [-0.3, -0.25) is 9.78 Å². The Morgan fingerprint density at radius 1 is 1.13 bits per heavy atom. The van der Waals surface area contributed by atoms with Crippen LogP contribution in [0.4, 0.5) is 0 Å². The first kappa shape index (κ1) is 13.7. The zero-order chi connectivity index (χ0) is 15.8. The average Bonchev–Trinajstić information content (AvgIpc) is 2.99. The first-order valence-electron chi connectivity index (χ1n) is 7.25. The second kappa shape index (κ2) is 5.33. The number of hydrogen-bond donors (Lipinski definition) is 1. The third kappa shape index (κ3) is 2.39. The van der Waals surface area contributed by atoms with E-state index in [-0.39, 0.29) is 12.2 Å². The summed E-state index contributed by atoms with van der Waals surface area (Å²) in [5.41, 5.74) is 2.30. The molecule has 4 aromatic rings. The summed E-state index contributed by atoms with van der Waals surface area (Å²) in [6.45, 7) is 0.375. The highest BCUT2D eigenvalue weighted by atomic mass is 16.3. The van der Waals surface area contributed by atoms with Crippen molar-refractivity contribution in [2.75, 3.05) is 0 Å². The van der Waals surface area contributed by atoms with Crippen LogP contribution in [0.2, 0.25) is 0 Å². The summed E-state index contributed by atoms with van der Waals surface area (Å²) in [4.78, 5) is 21.0. The molecule has 0 aliphatic rings. The highest BCUT2D eigenvalue weighted by Crippen LogP contribution is 2.10. The lowest BCUT2D eigenvalue weighted by atomic mass is 10.2. The zero-order valence-corrected chi connectivity index (χ0v) is 12.3. The molecule has 0 unspecified atom stereocenters. The molecule has 0 radical (unpaired) electrons. The number of nitrogens with zero attached hydrogens (tertiary/aromatic N) is 4. The van der Waals surface area contributed by atoms with Gasteiger partial charge in [-0.25, -0.2) is 4.98 Å². The van der Waals surface area contributed by atoms with E-state index in [1.165, 1.54) is 0 Å². The molecule has 0 fully saturated rings. The Kier molecular flexibility index (Phi) is 3.17. The van der Waals surface area contributed by atoms with Gasteiger partial charge in [0.25, 0.3) is 5.56 Å². The van der Waals surface area contributed by atoms with Crippen molar-refractivity contribution < 1.29 is 5.11 Å². The fourth-order valence-electron chi connectivity index (χ4n) is 2.68. The molecule has 1 N–H and O–H groups in total. The normalized spacial score (nSPS) is 11.3. The third-order valence-electron chi connectivity index (χ3n) is 3.86. The number of pyridine rings is 3. The van der Waals surface area contributed by atoms with E-state index < -0.39 is 0 Å². The smallest absolute Gasteiger partial charge is 0.260 e. The van der Waals surface area contributed by atoms with Crippen molar-refractivity contribution >= 4 is 16.4 Å². The number of hydrogen-bond acceptors (Lipinski definition) is 4. The van der Waals surface area contributed by atoms with Gasteiger partial charge in [0.2, 0.25) is 0 Å². The molecular weight excluding hydrogens is 292 g/mol. The predicted molar refractivity (Wildman–Crippen MR) is 86.2 cm³/mol. The van der Waals surface area contributed by atoms with Crippen LogP contribution in [-0.2, 0) is 13.2 Å². The van der Waals surface area contributed by atoms with E-state index in [1.54, 1.807) is 23.2 Å². The van der Waals surface area contributed by atoms with Crippen LogP contribution in [-0.4, -0.2) is 24.0 Å². The second-order valence-electron chi connectivity index (χ2n) is 5.40. The lowest BCUT2D eigenvalue weighted by Crippen LogP contribution is -2.20. The molecule has 4 aromatic heterocycles. The topological polar surface area (TPSA) is 72.4 Å². The van der Waals surface area contributed by atoms with Gasteiger partial charge in [-0.15, -0.1) is 0 Å². The summed E-state index contributed by atoms with van der Waals surface area (Å²) < 4.78 is 3.48. The SMILES string of the molecule is O=c1c2cnccc2ccn1Cc1cn2cc(CO)ccc2n1. The minimum Gasteiger partial charge on any atom is -0.392 e. The Labute approximate surface area is 131 Å². The van der Waals surface area contributed by atoms with Gasteiger partial charge >= 0.3 is 0 Å². The Morgan fingerprint density at radius 2 is 2.04 bits per heavy atom. The van der Waals surface area contributed by atoms with Crippen LogP contribution in [0.5, 0.6) is 0 Å². The summed E-state index contributed by atoms with van der Waals surface area (Å²) in [6, 6.07) is 7.41. The molecule has 0 aliphatic heterocycles. The van der Waals surface area contributed by atoms with Crippen LogP contribution in [0.25, 0.3) is 16.4 Å². The number of aromatic nitrogens is 4. The molecule has 0 spiro atoms. The van der Waals surface area contributed by atoms with Crippen LogP contribution in [0.1, 0.15) is 11.3 Å². The Bertz CT molecular complexity index is 1070. The molecule has 114 valence electrons. The van der Waals surface area contributed by atoms with Crippen LogP contribution in [0, 0.1) is 0 Å². The number of fused-ring (bicyclic) bond motifs is 2. The molecule has 0 bridgehead atoms. The van der Waals surface area contributed by atoms with Crippen LogP contribution in [0.15, 0.2) is 60.0 Å². The molecule has 0 aliphatic carbocycles. The molecule has 4 rings (SSSR count). The fraction of sp³-hybridized carbons (Fsp3) is 0.118. The molecular formula is C17H14N4O2. The summed E-state index contributed by atoms with van der Waals surface area (Å²) in [6.07, 6.45) is 8.74. The molecule has 0 aromatic carbocycles. The highest BCUT2D eigenvalue weighted by molar-refractivity contribution is 5.80. The van der Waals surface area contributed by atoms with Gasteiger partial charge in [0.1, 0.15) is 5.65 Å². The van der Waals surface area contributed by atoms with Gasteiger partial charge < -0.3 is 14.1 Å². The first-order valence-corrected chi connectivity index (χ1v) is 7.25. The molecule has 0 saturated carbocycles. The van der Waals surface area contributed by atoms with E-state index in [0.717, 1.165) is 22.3 Å². The monoisotopic (exact) mass is 306 g/mol. The maximum absolute atomic E-state index is 12.5. The average molecular weight is 306 g/mol. The number of aliphatic hydroxyl groups excluding tert-OH is 1. The molecule has 0 saturated heterocycles. The van der Waals surface area contributed by atoms with Crippen LogP contribution >= 0.6 is 0 Å². The van der Waals surface area contributed by atoms with Crippen molar-refractivity contribution in [3.8, 4) is 0 Å². The number of aliphatic hydroxyl groups is 1. The molecule has 0 amide bonds. The molecule has 6 nitrogen and oxygen atoms in total. The van der Waals surface area contributed by atoms with E-state index in [2.05, 4.69) is 9.97 Å². The summed E-state index contributed by atoms with van der Waals surface area (Å²) in [5, 5.41) is 10.7. The van der Waals surface area contributed by atoms with Crippen LogP contribution < -0.4 is 5.56 Å². The van der Waals surface area contributed by atoms with Crippen LogP contribution in [0.3, 0.4) is 0 Å². The molecule has 6 heteroatoms. The summed E-state index contributed by atoms with van der Waals surface area (Å²) in [5.74, 6) is 0. The standard InChI is InChI=1S/C17H14N4O2/c22-11-12-1-2-16-19-14(10-21(16)8-12)9-20-6-4-13-3-5-18-7-15(13)17(20)23/h1-8,10,22H,9,11H2. The van der Waals surface area contributed by atoms with Crippen molar-refractivity contribution in [1.82, 2.24) is 18.9 Å². The predicted octanol–water partition coefficient (Wildman–Crippen LogP) is 1.58. The van der Waals surface area contributed by atoms with E-state index in [9.17, 15) is 9.90 Å².